The van der Waals surface area contributed by atoms with Gasteiger partial charge >= 0.3 is 0 Å². The maximum atomic E-state index is 13.4. The first-order chi connectivity index (χ1) is 17.2. The molecule has 3 aliphatic heterocycles. The minimum absolute atomic E-state index is 0.0660. The Morgan fingerprint density at radius 3 is 2.61 bits per heavy atom. The average Bonchev–Trinajstić information content (AvgIpc) is 3.16. The highest BCUT2D eigenvalue weighted by molar-refractivity contribution is 7.99. The van der Waals surface area contributed by atoms with Gasteiger partial charge in [-0.15, -0.1) is 23.4 Å². The van der Waals surface area contributed by atoms with Gasteiger partial charge in [0.05, 0.1) is 30.7 Å². The minimum atomic E-state index is -1.43. The lowest BCUT2D eigenvalue weighted by Crippen LogP contribution is -2.65. The number of thioether (sulfide) groups is 1. The van der Waals surface area contributed by atoms with Crippen molar-refractivity contribution in [3.05, 3.63) is 47.3 Å². The molecule has 0 aliphatic carbocycles. The Morgan fingerprint density at radius 2 is 1.97 bits per heavy atom. The SMILES string of the molecule is [C-]#[N+]c1ccc(C2=CCO[C@@H]3[C@H](CN[C@@H]3C(=O)N[C@H]([C@H](C)Cl)[C@H]3OC(SC)[C@H](O)[C@H](O)C3O)C2)cc1. The van der Waals surface area contributed by atoms with Crippen molar-refractivity contribution in [1.29, 1.82) is 0 Å². The predicted octanol–water partition coefficient (Wildman–Crippen LogP) is 1.28. The summed E-state index contributed by atoms with van der Waals surface area (Å²) in [6.45, 7) is 9.75. The number of halogens is 1. The molecule has 2 saturated heterocycles. The van der Waals surface area contributed by atoms with Gasteiger partial charge in [-0.2, -0.15) is 0 Å². The molecule has 0 aromatic heterocycles. The van der Waals surface area contributed by atoms with E-state index in [1.807, 2.05) is 18.2 Å². The molecule has 5 N–H and O–H groups in total. The fourth-order valence-electron chi connectivity index (χ4n) is 5.13. The number of aliphatic hydroxyl groups excluding tert-OH is 3. The number of fused-ring (bicyclic) bond motifs is 1. The van der Waals surface area contributed by atoms with Crippen LogP contribution in [0.3, 0.4) is 0 Å². The normalized spacial score (nSPS) is 36.1. The monoisotopic (exact) mass is 537 g/mol. The second-order valence-corrected chi connectivity index (χ2v) is 11.0. The van der Waals surface area contributed by atoms with Crippen molar-refractivity contribution in [2.45, 2.75) is 66.8 Å². The summed E-state index contributed by atoms with van der Waals surface area (Å²) in [5, 5.41) is 36.6. The number of carbonyl (C=O) groups is 1. The summed E-state index contributed by atoms with van der Waals surface area (Å²) in [6, 6.07) is 6.01. The van der Waals surface area contributed by atoms with Gasteiger partial charge in [-0.05, 0) is 30.7 Å². The van der Waals surface area contributed by atoms with Crippen molar-refractivity contribution >= 4 is 40.5 Å². The molecule has 1 aromatic rings. The molecule has 2 unspecified atom stereocenters. The number of allylic oxidation sites excluding steroid dienone is 1. The van der Waals surface area contributed by atoms with Gasteiger partial charge in [0.1, 0.15) is 35.9 Å². The Hall–Kier alpha value is -1.68. The number of hydrogen-bond acceptors (Lipinski definition) is 8. The van der Waals surface area contributed by atoms with E-state index in [2.05, 4.69) is 15.5 Å². The van der Waals surface area contributed by atoms with Crippen LogP contribution in [0.15, 0.2) is 30.3 Å². The molecule has 1 amide bonds. The Morgan fingerprint density at radius 1 is 1.25 bits per heavy atom. The van der Waals surface area contributed by atoms with Crippen LogP contribution in [0.5, 0.6) is 0 Å². The van der Waals surface area contributed by atoms with Crippen LogP contribution in [0.25, 0.3) is 10.4 Å². The van der Waals surface area contributed by atoms with Crippen LogP contribution in [-0.4, -0.2) is 94.1 Å². The van der Waals surface area contributed by atoms with Crippen LogP contribution < -0.4 is 10.6 Å². The van der Waals surface area contributed by atoms with E-state index in [4.69, 9.17) is 27.6 Å². The first-order valence-electron chi connectivity index (χ1n) is 11.9. The zero-order valence-electron chi connectivity index (χ0n) is 20.1. The molecule has 9 nitrogen and oxygen atoms in total. The average molecular weight is 538 g/mol. The molecular formula is C25H32ClN3O6S. The number of rotatable bonds is 6. The van der Waals surface area contributed by atoms with Gasteiger partial charge < -0.3 is 35.4 Å². The Bertz CT molecular complexity index is 1000. The van der Waals surface area contributed by atoms with Crippen molar-refractivity contribution in [2.75, 3.05) is 19.4 Å². The standard InChI is InChI=1S/C25H32ClN3O6S/c1-12(26)17(23-20(31)19(30)21(32)25(35-23)36-3)29-24(33)18-22-15(11-28-18)10-14(8-9-34-22)13-4-6-16(27-2)7-5-13/h4-8,12,15,17-23,25,28,30-32H,9-11H2,1,3H3,(H,29,33)/t12-,15-,17+,18-,19+,20?,21+,22+,23+,25?/m0/s1. The largest absolute Gasteiger partial charge is 0.388 e. The summed E-state index contributed by atoms with van der Waals surface area (Å²) in [5.41, 5.74) is 1.96. The highest BCUT2D eigenvalue weighted by atomic mass is 35.5. The number of amides is 1. The first kappa shape index (κ1) is 27.4. The lowest BCUT2D eigenvalue weighted by Gasteiger charge is -2.44. The summed E-state index contributed by atoms with van der Waals surface area (Å²) >= 11 is 7.61. The lowest BCUT2D eigenvalue weighted by atomic mass is 9.90. The number of nitrogens with zero attached hydrogens (tertiary/aromatic N) is 1. The third-order valence-corrected chi connectivity index (χ3v) is 8.27. The molecule has 0 radical (unpaired) electrons. The first-order valence-corrected chi connectivity index (χ1v) is 13.7. The number of aliphatic hydroxyl groups is 3. The van der Waals surface area contributed by atoms with Crippen LogP contribution in [0.1, 0.15) is 18.9 Å². The molecular weight excluding hydrogens is 506 g/mol. The second-order valence-electron chi connectivity index (χ2n) is 9.42. The van der Waals surface area contributed by atoms with Crippen LogP contribution in [0.2, 0.25) is 0 Å². The topological polar surface area (TPSA) is 125 Å². The van der Waals surface area contributed by atoms with Crippen LogP contribution in [0, 0.1) is 12.5 Å². The van der Waals surface area contributed by atoms with Gasteiger partial charge in [-0.1, -0.05) is 30.3 Å². The van der Waals surface area contributed by atoms with Crippen molar-refractivity contribution < 1.29 is 29.6 Å². The van der Waals surface area contributed by atoms with Gasteiger partial charge in [-0.3, -0.25) is 4.79 Å². The highest BCUT2D eigenvalue weighted by Crippen LogP contribution is 2.34. The lowest BCUT2D eigenvalue weighted by molar-refractivity contribution is -0.205. The smallest absolute Gasteiger partial charge is 0.240 e. The predicted molar refractivity (Wildman–Crippen MR) is 138 cm³/mol. The Balaban J connectivity index is 1.44. The maximum Gasteiger partial charge on any atom is 0.240 e. The fraction of sp³-hybridized carbons (Fsp3) is 0.600. The third-order valence-electron chi connectivity index (χ3n) is 7.14. The third kappa shape index (κ3) is 5.59. The maximum absolute atomic E-state index is 13.4. The molecule has 2 fully saturated rings. The van der Waals surface area contributed by atoms with Gasteiger partial charge in [0, 0.05) is 12.5 Å². The molecule has 3 heterocycles. The van der Waals surface area contributed by atoms with Crippen molar-refractivity contribution in [3.8, 4) is 0 Å². The van der Waals surface area contributed by atoms with Crippen molar-refractivity contribution in [3.63, 3.8) is 0 Å². The van der Waals surface area contributed by atoms with Crippen LogP contribution in [0.4, 0.5) is 5.69 Å². The summed E-state index contributed by atoms with van der Waals surface area (Å²) in [5.74, 6) is -0.266. The van der Waals surface area contributed by atoms with Crippen LogP contribution >= 0.6 is 23.4 Å². The number of alkyl halides is 1. The molecule has 196 valence electrons. The zero-order chi connectivity index (χ0) is 26.0. The van der Waals surface area contributed by atoms with Crippen LogP contribution in [-0.2, 0) is 14.3 Å². The summed E-state index contributed by atoms with van der Waals surface area (Å²) in [4.78, 5) is 16.8. The number of hydrogen-bond donors (Lipinski definition) is 5. The Kier molecular flexibility index (Phi) is 8.96. The Labute approximate surface area is 220 Å². The summed E-state index contributed by atoms with van der Waals surface area (Å²) < 4.78 is 11.9. The van der Waals surface area contributed by atoms with Gasteiger partial charge in [0.25, 0.3) is 0 Å². The molecule has 10 atom stereocenters. The van der Waals surface area contributed by atoms with Gasteiger partial charge in [0.2, 0.25) is 5.91 Å². The van der Waals surface area contributed by atoms with E-state index in [1.165, 1.54) is 11.8 Å². The van der Waals surface area contributed by atoms with Gasteiger partial charge in [-0.25, -0.2) is 4.85 Å². The van der Waals surface area contributed by atoms with Crippen molar-refractivity contribution in [1.82, 2.24) is 10.6 Å². The highest BCUT2D eigenvalue weighted by Gasteiger charge is 2.49. The van der Waals surface area contributed by atoms with E-state index < -0.39 is 47.3 Å². The molecule has 1 aromatic carbocycles. The molecule has 36 heavy (non-hydrogen) atoms. The quantitative estimate of drug-likeness (QED) is 0.271. The molecule has 3 aliphatic rings. The molecule has 4 rings (SSSR count). The van der Waals surface area contributed by atoms with E-state index >= 15 is 0 Å². The van der Waals surface area contributed by atoms with Crippen molar-refractivity contribution in [2.24, 2.45) is 5.92 Å². The van der Waals surface area contributed by atoms with E-state index in [1.54, 1.807) is 25.3 Å². The van der Waals surface area contributed by atoms with E-state index in [0.29, 0.717) is 18.8 Å². The number of benzene rings is 1. The molecule has 0 bridgehead atoms. The second kappa shape index (κ2) is 11.8. The summed E-state index contributed by atoms with van der Waals surface area (Å²) in [7, 11) is 0. The molecule has 0 spiro atoms. The van der Waals surface area contributed by atoms with E-state index in [0.717, 1.165) is 17.6 Å². The molecule has 11 heteroatoms. The van der Waals surface area contributed by atoms with Gasteiger partial charge in [0.15, 0.2) is 5.69 Å². The number of nitrogens with one attached hydrogen (secondary N) is 2. The minimum Gasteiger partial charge on any atom is -0.388 e. The summed E-state index contributed by atoms with van der Waals surface area (Å²) in [6.07, 6.45) is -1.02. The fourth-order valence-corrected chi connectivity index (χ4v) is 6.02. The van der Waals surface area contributed by atoms with E-state index in [9.17, 15) is 20.1 Å². The number of carbonyl (C=O) groups excluding carboxylic acids is 1. The number of ether oxygens (including phenoxy) is 2. The van der Waals surface area contributed by atoms with E-state index in [-0.39, 0.29) is 17.9 Å². The molecule has 0 saturated carbocycles. The zero-order valence-corrected chi connectivity index (χ0v) is 21.7.